The highest BCUT2D eigenvalue weighted by Gasteiger charge is 2.16. The van der Waals surface area contributed by atoms with E-state index in [2.05, 4.69) is 15.0 Å². The highest BCUT2D eigenvalue weighted by atomic mass is 35.5. The lowest BCUT2D eigenvalue weighted by atomic mass is 10.2. The molecule has 2 aromatic carbocycles. The van der Waals surface area contributed by atoms with Crippen molar-refractivity contribution in [2.45, 2.75) is 4.90 Å². The molecule has 0 fully saturated rings. The first kappa shape index (κ1) is 25.4. The first-order valence-electron chi connectivity index (χ1n) is 8.51. The third-order valence-electron chi connectivity index (χ3n) is 3.97. The average molecular weight is 475 g/mol. The standard InChI is InChI=1S/C20H20ClN3O2S.2ClH/c21-18-8-6-16(7-9-18)3-2-11-22-13-14-24-27(25,26)20-5-1-4-17-15-23-12-10-19(17)20;;/h1-10,12,15,22,24H,11,13-14H2;2*1H. The number of aromatic nitrogens is 1. The van der Waals surface area contributed by atoms with Crippen LogP contribution >= 0.6 is 36.4 Å². The van der Waals surface area contributed by atoms with Gasteiger partial charge in [-0.15, -0.1) is 24.8 Å². The molecule has 29 heavy (non-hydrogen) atoms. The number of fused-ring (bicyclic) bond motifs is 1. The molecule has 0 atom stereocenters. The Balaban J connectivity index is 0.00000210. The van der Waals surface area contributed by atoms with Gasteiger partial charge in [0.05, 0.1) is 4.90 Å². The number of benzene rings is 2. The summed E-state index contributed by atoms with van der Waals surface area (Å²) in [4.78, 5) is 4.30. The van der Waals surface area contributed by atoms with Crippen molar-refractivity contribution in [3.05, 3.63) is 77.6 Å². The van der Waals surface area contributed by atoms with Crippen molar-refractivity contribution in [2.24, 2.45) is 0 Å². The lowest BCUT2D eigenvalue weighted by molar-refractivity contribution is 0.579. The van der Waals surface area contributed by atoms with Crippen molar-refractivity contribution >= 4 is 63.3 Å². The summed E-state index contributed by atoms with van der Waals surface area (Å²) in [5.74, 6) is 0. The van der Waals surface area contributed by atoms with Gasteiger partial charge in [-0.3, -0.25) is 4.98 Å². The zero-order valence-corrected chi connectivity index (χ0v) is 18.6. The van der Waals surface area contributed by atoms with Gasteiger partial charge in [0, 0.05) is 47.8 Å². The number of halogens is 3. The van der Waals surface area contributed by atoms with E-state index in [-0.39, 0.29) is 29.7 Å². The second kappa shape index (κ2) is 12.1. The fraction of sp³-hybridized carbons (Fsp3) is 0.150. The maximum Gasteiger partial charge on any atom is 0.241 e. The largest absolute Gasteiger partial charge is 0.312 e. The van der Waals surface area contributed by atoms with Gasteiger partial charge < -0.3 is 5.32 Å². The zero-order valence-electron chi connectivity index (χ0n) is 15.4. The van der Waals surface area contributed by atoms with E-state index >= 15 is 0 Å². The first-order chi connectivity index (χ1) is 13.1. The van der Waals surface area contributed by atoms with Gasteiger partial charge in [-0.05, 0) is 29.8 Å². The minimum absolute atomic E-state index is 0. The monoisotopic (exact) mass is 473 g/mol. The number of nitrogens with one attached hydrogen (secondary N) is 2. The van der Waals surface area contributed by atoms with E-state index in [0.29, 0.717) is 30.0 Å². The Kier molecular flexibility index (Phi) is 10.6. The predicted octanol–water partition coefficient (Wildman–Crippen LogP) is 4.31. The first-order valence-corrected chi connectivity index (χ1v) is 10.4. The lowest BCUT2D eigenvalue weighted by Crippen LogP contribution is -2.32. The smallest absolute Gasteiger partial charge is 0.241 e. The van der Waals surface area contributed by atoms with Crippen LogP contribution < -0.4 is 10.0 Å². The maximum absolute atomic E-state index is 12.6. The highest BCUT2D eigenvalue weighted by Crippen LogP contribution is 2.21. The second-order valence-corrected chi connectivity index (χ2v) is 8.08. The summed E-state index contributed by atoms with van der Waals surface area (Å²) in [5.41, 5.74) is 1.06. The number of rotatable bonds is 8. The summed E-state index contributed by atoms with van der Waals surface area (Å²) < 4.78 is 27.8. The highest BCUT2D eigenvalue weighted by molar-refractivity contribution is 7.89. The number of hydrogen-bond donors (Lipinski definition) is 2. The number of hydrogen-bond acceptors (Lipinski definition) is 4. The second-order valence-electron chi connectivity index (χ2n) is 5.91. The molecule has 3 rings (SSSR count). The van der Waals surface area contributed by atoms with E-state index < -0.39 is 10.0 Å². The minimum Gasteiger partial charge on any atom is -0.312 e. The number of sulfonamides is 1. The molecule has 0 amide bonds. The van der Waals surface area contributed by atoms with Crippen LogP contribution in [0.1, 0.15) is 5.56 Å². The molecule has 5 nitrogen and oxygen atoms in total. The summed E-state index contributed by atoms with van der Waals surface area (Å²) in [7, 11) is -3.57. The van der Waals surface area contributed by atoms with Gasteiger partial charge in [0.25, 0.3) is 0 Å². The molecule has 0 bridgehead atoms. The Morgan fingerprint density at radius 1 is 1.00 bits per heavy atom. The van der Waals surface area contributed by atoms with Crippen LogP contribution in [0.15, 0.2) is 71.9 Å². The van der Waals surface area contributed by atoms with Crippen molar-refractivity contribution in [3.63, 3.8) is 0 Å². The average Bonchev–Trinajstić information content (AvgIpc) is 2.68. The molecule has 0 saturated heterocycles. The normalized spacial score (nSPS) is 11.2. The van der Waals surface area contributed by atoms with Crippen LogP contribution in [0.25, 0.3) is 16.8 Å². The topological polar surface area (TPSA) is 71.1 Å². The zero-order chi connectivity index (χ0) is 19.1. The molecule has 0 aliphatic heterocycles. The molecular formula is C20H22Cl3N3O2S. The quantitative estimate of drug-likeness (QED) is 0.477. The predicted molar refractivity (Wildman–Crippen MR) is 125 cm³/mol. The SMILES string of the molecule is Cl.Cl.O=S(=O)(NCCNCC=Cc1ccc(Cl)cc1)c1cccc2cnccc12. The van der Waals surface area contributed by atoms with Crippen molar-refractivity contribution in [2.75, 3.05) is 19.6 Å². The Bertz CT molecular complexity index is 1040. The molecule has 0 radical (unpaired) electrons. The molecule has 0 unspecified atom stereocenters. The van der Waals surface area contributed by atoms with E-state index in [9.17, 15) is 8.42 Å². The molecule has 0 aliphatic carbocycles. The van der Waals surface area contributed by atoms with Crippen LogP contribution in [0.5, 0.6) is 0 Å². The van der Waals surface area contributed by atoms with Gasteiger partial charge in [-0.1, -0.05) is 48.0 Å². The van der Waals surface area contributed by atoms with Gasteiger partial charge in [-0.2, -0.15) is 0 Å². The van der Waals surface area contributed by atoms with Gasteiger partial charge in [-0.25, -0.2) is 13.1 Å². The van der Waals surface area contributed by atoms with E-state index in [1.165, 1.54) is 0 Å². The summed E-state index contributed by atoms with van der Waals surface area (Å²) in [6.07, 6.45) is 7.21. The molecular weight excluding hydrogens is 453 g/mol. The van der Waals surface area contributed by atoms with Crippen LogP contribution in [0.4, 0.5) is 0 Å². The van der Waals surface area contributed by atoms with Crippen LogP contribution in [0, 0.1) is 0 Å². The van der Waals surface area contributed by atoms with E-state index in [1.807, 2.05) is 42.5 Å². The Morgan fingerprint density at radius 3 is 2.52 bits per heavy atom. The molecule has 1 heterocycles. The van der Waals surface area contributed by atoms with E-state index in [1.54, 1.807) is 30.6 Å². The molecule has 156 valence electrons. The van der Waals surface area contributed by atoms with E-state index in [4.69, 9.17) is 11.6 Å². The molecule has 0 saturated carbocycles. The molecule has 1 aromatic heterocycles. The lowest BCUT2D eigenvalue weighted by Gasteiger charge is -2.09. The summed E-state index contributed by atoms with van der Waals surface area (Å²) in [5, 5.41) is 5.35. The van der Waals surface area contributed by atoms with E-state index in [0.717, 1.165) is 10.9 Å². The van der Waals surface area contributed by atoms with Crippen LogP contribution in [0.3, 0.4) is 0 Å². The van der Waals surface area contributed by atoms with Crippen molar-refractivity contribution in [1.29, 1.82) is 0 Å². The maximum atomic E-state index is 12.6. The minimum atomic E-state index is -3.57. The van der Waals surface area contributed by atoms with Gasteiger partial charge in [0.15, 0.2) is 0 Å². The third-order valence-corrected chi connectivity index (χ3v) is 5.74. The summed E-state index contributed by atoms with van der Waals surface area (Å²) in [6.45, 7) is 1.47. The molecule has 9 heteroatoms. The Labute approximate surface area is 188 Å². The van der Waals surface area contributed by atoms with Crippen molar-refractivity contribution in [3.8, 4) is 0 Å². The molecule has 0 spiro atoms. The number of nitrogens with zero attached hydrogens (tertiary/aromatic N) is 1. The van der Waals surface area contributed by atoms with Gasteiger partial charge in [0.2, 0.25) is 10.0 Å². The summed E-state index contributed by atoms with van der Waals surface area (Å²) in [6, 6.07) is 14.4. The van der Waals surface area contributed by atoms with Crippen LogP contribution in [-0.4, -0.2) is 33.0 Å². The fourth-order valence-corrected chi connectivity index (χ4v) is 4.02. The number of pyridine rings is 1. The third kappa shape index (κ3) is 7.26. The Hall–Kier alpha value is -1.67. The fourth-order valence-electron chi connectivity index (χ4n) is 2.63. The van der Waals surface area contributed by atoms with Crippen LogP contribution in [0.2, 0.25) is 5.02 Å². The van der Waals surface area contributed by atoms with Crippen molar-refractivity contribution < 1.29 is 8.42 Å². The van der Waals surface area contributed by atoms with Gasteiger partial charge >= 0.3 is 0 Å². The van der Waals surface area contributed by atoms with Crippen LogP contribution in [-0.2, 0) is 10.0 Å². The molecule has 2 N–H and O–H groups in total. The van der Waals surface area contributed by atoms with Crippen molar-refractivity contribution in [1.82, 2.24) is 15.0 Å². The van der Waals surface area contributed by atoms with Gasteiger partial charge in [0.1, 0.15) is 0 Å². The Morgan fingerprint density at radius 2 is 1.76 bits per heavy atom. The molecule has 3 aromatic rings. The molecule has 0 aliphatic rings. The summed E-state index contributed by atoms with van der Waals surface area (Å²) >= 11 is 5.85.